The molecule has 0 radical (unpaired) electrons. The number of thioether (sulfide) groups is 1. The van der Waals surface area contributed by atoms with Crippen LogP contribution in [-0.2, 0) is 11.2 Å². The van der Waals surface area contributed by atoms with E-state index in [1.807, 2.05) is 37.3 Å². The van der Waals surface area contributed by atoms with Gasteiger partial charge in [-0.1, -0.05) is 35.5 Å². The van der Waals surface area contributed by atoms with Crippen molar-refractivity contribution in [3.8, 4) is 0 Å². The fourth-order valence-corrected chi connectivity index (χ4v) is 3.04. The first-order valence-corrected chi connectivity index (χ1v) is 7.74. The Kier molecular flexibility index (Phi) is 4.04. The van der Waals surface area contributed by atoms with E-state index in [1.54, 1.807) is 18.4 Å². The van der Waals surface area contributed by atoms with E-state index in [2.05, 4.69) is 0 Å². The van der Waals surface area contributed by atoms with Gasteiger partial charge in [-0.3, -0.25) is 4.79 Å². The largest absolute Gasteiger partial charge is 0.464 e. The highest BCUT2D eigenvalue weighted by atomic mass is 35.5. The molecule has 0 aliphatic carbocycles. The maximum Gasteiger partial charge on any atom is 0.198 e. The molecule has 3 rings (SSSR count). The zero-order chi connectivity index (χ0) is 14.8. The molecule has 0 saturated heterocycles. The van der Waals surface area contributed by atoms with Crippen molar-refractivity contribution >= 4 is 39.4 Å². The molecule has 1 heterocycles. The molecular weight excluding hydrogens is 304 g/mol. The van der Waals surface area contributed by atoms with Crippen LogP contribution >= 0.6 is 23.4 Å². The zero-order valence-electron chi connectivity index (χ0n) is 11.4. The topological polar surface area (TPSA) is 30.2 Å². The fourth-order valence-electron chi connectivity index (χ4n) is 2.15. The Morgan fingerprint density at radius 1 is 1.19 bits per heavy atom. The molecule has 106 valence electrons. The Morgan fingerprint density at radius 3 is 2.71 bits per heavy atom. The summed E-state index contributed by atoms with van der Waals surface area (Å²) < 4.78 is 5.52. The molecule has 0 atom stereocenters. The van der Waals surface area contributed by atoms with Crippen LogP contribution in [0.4, 0.5) is 0 Å². The zero-order valence-corrected chi connectivity index (χ0v) is 13.0. The molecule has 0 fully saturated rings. The normalized spacial score (nSPS) is 11.0. The van der Waals surface area contributed by atoms with E-state index in [0.29, 0.717) is 11.4 Å². The minimum Gasteiger partial charge on any atom is -0.464 e. The summed E-state index contributed by atoms with van der Waals surface area (Å²) in [4.78, 5) is 13.1. The van der Waals surface area contributed by atoms with Gasteiger partial charge in [-0.15, -0.1) is 0 Å². The number of carbonyl (C=O) groups excluding carboxylic acids is 1. The second-order valence-electron chi connectivity index (χ2n) is 4.87. The molecule has 0 bridgehead atoms. The van der Waals surface area contributed by atoms with Crippen molar-refractivity contribution in [1.82, 2.24) is 0 Å². The molecule has 2 aromatic carbocycles. The van der Waals surface area contributed by atoms with Gasteiger partial charge in [0, 0.05) is 27.3 Å². The number of fused-ring (bicyclic) bond motifs is 1. The third-order valence-corrected chi connectivity index (χ3v) is 4.32. The van der Waals surface area contributed by atoms with E-state index in [0.717, 1.165) is 27.0 Å². The predicted octanol–water partition coefficient (Wildman–Crippen LogP) is 5.26. The molecule has 21 heavy (non-hydrogen) atoms. The summed E-state index contributed by atoms with van der Waals surface area (Å²) in [6, 6.07) is 13.3. The Bertz CT molecular complexity index is 790. The fraction of sp³-hybridized carbons (Fsp3) is 0.118. The van der Waals surface area contributed by atoms with Crippen LogP contribution in [-0.4, -0.2) is 5.12 Å². The molecule has 0 N–H and O–H groups in total. The number of hydrogen-bond donors (Lipinski definition) is 0. The third-order valence-electron chi connectivity index (χ3n) is 3.19. The molecule has 3 aromatic rings. The van der Waals surface area contributed by atoms with Crippen LogP contribution < -0.4 is 0 Å². The van der Waals surface area contributed by atoms with E-state index >= 15 is 0 Å². The Balaban J connectivity index is 1.75. The van der Waals surface area contributed by atoms with Crippen LogP contribution in [0.15, 0.2) is 58.0 Å². The van der Waals surface area contributed by atoms with E-state index in [9.17, 15) is 4.79 Å². The van der Waals surface area contributed by atoms with Crippen LogP contribution in [0.2, 0.25) is 5.02 Å². The maximum absolute atomic E-state index is 12.2. The molecule has 2 nitrogen and oxygen atoms in total. The SMILES string of the molecule is Cc1ccc2c(CC(=O)Sc3ccc(Cl)cc3)coc2c1. The smallest absolute Gasteiger partial charge is 0.198 e. The lowest BCUT2D eigenvalue weighted by atomic mass is 10.1. The van der Waals surface area contributed by atoms with Crippen molar-refractivity contribution in [3.05, 3.63) is 64.9 Å². The second-order valence-corrected chi connectivity index (χ2v) is 6.43. The third kappa shape index (κ3) is 3.31. The number of rotatable bonds is 3. The van der Waals surface area contributed by atoms with Crippen LogP contribution in [0, 0.1) is 6.92 Å². The molecule has 0 unspecified atom stereocenters. The van der Waals surface area contributed by atoms with Gasteiger partial charge in [0.25, 0.3) is 0 Å². The summed E-state index contributed by atoms with van der Waals surface area (Å²) in [6.45, 7) is 2.02. The maximum atomic E-state index is 12.2. The average Bonchev–Trinajstić information content (AvgIpc) is 2.83. The van der Waals surface area contributed by atoms with E-state index in [-0.39, 0.29) is 5.12 Å². The van der Waals surface area contributed by atoms with Gasteiger partial charge >= 0.3 is 0 Å². The summed E-state index contributed by atoms with van der Waals surface area (Å²) in [6.07, 6.45) is 2.02. The van der Waals surface area contributed by atoms with E-state index in [4.69, 9.17) is 16.0 Å². The predicted molar refractivity (Wildman–Crippen MR) is 87.0 cm³/mol. The quantitative estimate of drug-likeness (QED) is 0.618. The molecular formula is C17H13ClO2S. The minimum absolute atomic E-state index is 0.0839. The van der Waals surface area contributed by atoms with E-state index in [1.165, 1.54) is 11.8 Å². The Labute approximate surface area is 132 Å². The summed E-state index contributed by atoms with van der Waals surface area (Å²) in [5.74, 6) is 0. The number of aryl methyl sites for hydroxylation is 1. The van der Waals surface area contributed by atoms with Gasteiger partial charge in [-0.05, 0) is 42.8 Å². The van der Waals surface area contributed by atoms with Crippen molar-refractivity contribution in [1.29, 1.82) is 0 Å². The summed E-state index contributed by atoms with van der Waals surface area (Å²) in [7, 11) is 0. The number of furan rings is 1. The monoisotopic (exact) mass is 316 g/mol. The van der Waals surface area contributed by atoms with Crippen LogP contribution in [0.3, 0.4) is 0 Å². The van der Waals surface area contributed by atoms with Crippen molar-refractivity contribution in [2.75, 3.05) is 0 Å². The Hall–Kier alpha value is -1.71. The lowest BCUT2D eigenvalue weighted by Gasteiger charge is -2.00. The highest BCUT2D eigenvalue weighted by Crippen LogP contribution is 2.27. The number of benzene rings is 2. The van der Waals surface area contributed by atoms with Crippen molar-refractivity contribution in [2.24, 2.45) is 0 Å². The van der Waals surface area contributed by atoms with Crippen molar-refractivity contribution < 1.29 is 9.21 Å². The van der Waals surface area contributed by atoms with Crippen LogP contribution in [0.25, 0.3) is 11.0 Å². The standard InChI is InChI=1S/C17H13ClO2S/c1-11-2-7-15-12(10-20-16(15)8-11)9-17(19)21-14-5-3-13(18)4-6-14/h2-8,10H,9H2,1H3. The highest BCUT2D eigenvalue weighted by molar-refractivity contribution is 8.13. The minimum atomic E-state index is 0.0839. The lowest BCUT2D eigenvalue weighted by molar-refractivity contribution is -0.110. The van der Waals surface area contributed by atoms with Crippen molar-refractivity contribution in [3.63, 3.8) is 0 Å². The van der Waals surface area contributed by atoms with Crippen LogP contribution in [0.5, 0.6) is 0 Å². The van der Waals surface area contributed by atoms with Gasteiger partial charge < -0.3 is 4.42 Å². The van der Waals surface area contributed by atoms with Crippen molar-refractivity contribution in [2.45, 2.75) is 18.2 Å². The van der Waals surface area contributed by atoms with Gasteiger partial charge in [0.1, 0.15) is 5.58 Å². The van der Waals surface area contributed by atoms with Gasteiger partial charge in [0.2, 0.25) is 0 Å². The first-order chi connectivity index (χ1) is 10.1. The molecule has 0 saturated carbocycles. The van der Waals surface area contributed by atoms with E-state index < -0.39 is 0 Å². The first-order valence-electron chi connectivity index (χ1n) is 6.55. The molecule has 0 aliphatic rings. The number of hydrogen-bond acceptors (Lipinski definition) is 3. The summed E-state index contributed by atoms with van der Waals surface area (Å²) >= 11 is 7.06. The molecule has 0 aliphatic heterocycles. The first kappa shape index (κ1) is 14.2. The summed E-state index contributed by atoms with van der Waals surface area (Å²) in [5.41, 5.74) is 2.90. The number of halogens is 1. The molecule has 1 aromatic heterocycles. The summed E-state index contributed by atoms with van der Waals surface area (Å²) in [5, 5.41) is 1.76. The van der Waals surface area contributed by atoms with Gasteiger partial charge in [-0.2, -0.15) is 0 Å². The molecule has 0 spiro atoms. The van der Waals surface area contributed by atoms with Gasteiger partial charge in [0.05, 0.1) is 6.26 Å². The van der Waals surface area contributed by atoms with Crippen LogP contribution in [0.1, 0.15) is 11.1 Å². The van der Waals surface area contributed by atoms with Gasteiger partial charge in [-0.25, -0.2) is 0 Å². The second kappa shape index (κ2) is 5.96. The van der Waals surface area contributed by atoms with Gasteiger partial charge in [0.15, 0.2) is 5.12 Å². The molecule has 0 amide bonds. The molecule has 4 heteroatoms. The lowest BCUT2D eigenvalue weighted by Crippen LogP contribution is -1.96. The average molecular weight is 317 g/mol. The highest BCUT2D eigenvalue weighted by Gasteiger charge is 2.12. The number of carbonyl (C=O) groups is 1. The Morgan fingerprint density at radius 2 is 1.95 bits per heavy atom.